The Morgan fingerprint density at radius 2 is 2.00 bits per heavy atom. The van der Waals surface area contributed by atoms with Crippen LogP contribution in [0.25, 0.3) is 0 Å². The second-order valence-corrected chi connectivity index (χ2v) is 6.26. The number of aromatic amines is 1. The van der Waals surface area contributed by atoms with Crippen molar-refractivity contribution in [2.24, 2.45) is 0 Å². The minimum atomic E-state index is -1.50. The van der Waals surface area contributed by atoms with E-state index in [4.69, 9.17) is 9.47 Å². The van der Waals surface area contributed by atoms with E-state index >= 15 is 0 Å². The van der Waals surface area contributed by atoms with Gasteiger partial charge in [0.15, 0.2) is 6.23 Å². The van der Waals surface area contributed by atoms with Crippen LogP contribution in [0.3, 0.4) is 0 Å². The zero-order valence-electron chi connectivity index (χ0n) is 14.8. The molecule has 2 amide bonds. The van der Waals surface area contributed by atoms with Crippen LogP contribution in [-0.2, 0) is 14.3 Å². The number of aromatic nitrogens is 2. The maximum Gasteiger partial charge on any atom is 0.407 e. The van der Waals surface area contributed by atoms with Gasteiger partial charge in [0.25, 0.3) is 5.56 Å². The van der Waals surface area contributed by atoms with Gasteiger partial charge in [0, 0.05) is 32.3 Å². The SMILES string of the molecule is CC(=O)NCCNC(=O)OCC1(C)O[C@@H](n2ccc(=O)[nH]c2=O)[C@H](O)[C@@H]1O. The lowest BCUT2D eigenvalue weighted by molar-refractivity contribution is -0.119. The largest absolute Gasteiger partial charge is 0.446 e. The molecule has 4 atom stereocenters. The number of H-pyrrole nitrogens is 1. The Labute approximate surface area is 153 Å². The van der Waals surface area contributed by atoms with Crippen LogP contribution in [0.15, 0.2) is 21.9 Å². The molecule has 12 heteroatoms. The van der Waals surface area contributed by atoms with Gasteiger partial charge in [-0.25, -0.2) is 9.59 Å². The first-order valence-electron chi connectivity index (χ1n) is 8.14. The molecule has 0 bridgehead atoms. The number of hydrogen-bond donors (Lipinski definition) is 5. The molecule has 0 aliphatic carbocycles. The first-order valence-corrected chi connectivity index (χ1v) is 8.14. The van der Waals surface area contributed by atoms with Gasteiger partial charge in [0.1, 0.15) is 24.4 Å². The van der Waals surface area contributed by atoms with Crippen LogP contribution in [0.4, 0.5) is 4.79 Å². The van der Waals surface area contributed by atoms with Gasteiger partial charge in [0.2, 0.25) is 5.91 Å². The fourth-order valence-electron chi connectivity index (χ4n) is 2.56. The van der Waals surface area contributed by atoms with Crippen LogP contribution in [0.2, 0.25) is 0 Å². The number of aliphatic hydroxyl groups is 2. The van der Waals surface area contributed by atoms with Crippen molar-refractivity contribution in [1.82, 2.24) is 20.2 Å². The minimum absolute atomic E-state index is 0.135. The average Bonchev–Trinajstić information content (AvgIpc) is 2.82. The Bertz CT molecular complexity index is 805. The van der Waals surface area contributed by atoms with Gasteiger partial charge in [-0.15, -0.1) is 0 Å². The highest BCUT2D eigenvalue weighted by Gasteiger charge is 2.53. The molecule has 1 aliphatic heterocycles. The van der Waals surface area contributed by atoms with Crippen molar-refractivity contribution in [3.05, 3.63) is 33.1 Å². The third-order valence-electron chi connectivity index (χ3n) is 4.01. The van der Waals surface area contributed by atoms with E-state index in [1.807, 2.05) is 4.98 Å². The van der Waals surface area contributed by atoms with Gasteiger partial charge in [-0.1, -0.05) is 0 Å². The lowest BCUT2D eigenvalue weighted by atomic mass is 9.98. The number of nitrogens with one attached hydrogen (secondary N) is 3. The Hall–Kier alpha value is -2.70. The van der Waals surface area contributed by atoms with E-state index in [9.17, 15) is 29.4 Å². The number of aliphatic hydroxyl groups excluding tert-OH is 2. The van der Waals surface area contributed by atoms with Crippen LogP contribution in [0.1, 0.15) is 20.1 Å². The van der Waals surface area contributed by atoms with Crippen LogP contribution in [0, 0.1) is 0 Å². The zero-order valence-corrected chi connectivity index (χ0v) is 14.8. The summed E-state index contributed by atoms with van der Waals surface area (Å²) in [7, 11) is 0. The molecular weight excluding hydrogens is 364 g/mol. The second kappa shape index (κ2) is 8.33. The van der Waals surface area contributed by atoms with Crippen molar-refractivity contribution in [1.29, 1.82) is 0 Å². The molecule has 1 saturated heterocycles. The Morgan fingerprint density at radius 3 is 2.63 bits per heavy atom. The van der Waals surface area contributed by atoms with Crippen LogP contribution >= 0.6 is 0 Å². The average molecular weight is 386 g/mol. The van der Waals surface area contributed by atoms with E-state index in [-0.39, 0.29) is 19.0 Å². The number of rotatable bonds is 6. The highest BCUT2D eigenvalue weighted by Crippen LogP contribution is 2.36. The third-order valence-corrected chi connectivity index (χ3v) is 4.01. The summed E-state index contributed by atoms with van der Waals surface area (Å²) in [5, 5.41) is 25.3. The highest BCUT2D eigenvalue weighted by molar-refractivity contribution is 5.73. The van der Waals surface area contributed by atoms with E-state index < -0.39 is 48.0 Å². The highest BCUT2D eigenvalue weighted by atomic mass is 16.6. The molecule has 12 nitrogen and oxygen atoms in total. The smallest absolute Gasteiger partial charge is 0.407 e. The summed E-state index contributed by atoms with van der Waals surface area (Å²) < 4.78 is 11.5. The number of carbonyl (C=O) groups is 2. The van der Waals surface area contributed by atoms with E-state index in [0.29, 0.717) is 0 Å². The monoisotopic (exact) mass is 386 g/mol. The molecule has 2 heterocycles. The molecule has 1 unspecified atom stereocenters. The molecule has 0 radical (unpaired) electrons. The topological polar surface area (TPSA) is 172 Å². The molecule has 0 saturated carbocycles. The van der Waals surface area contributed by atoms with Crippen LogP contribution in [-0.4, -0.2) is 69.3 Å². The fourth-order valence-corrected chi connectivity index (χ4v) is 2.56. The van der Waals surface area contributed by atoms with E-state index in [1.54, 1.807) is 0 Å². The van der Waals surface area contributed by atoms with Gasteiger partial charge in [-0.05, 0) is 6.92 Å². The fraction of sp³-hybridized carbons (Fsp3) is 0.600. The van der Waals surface area contributed by atoms with Crippen LogP contribution in [0.5, 0.6) is 0 Å². The first kappa shape index (κ1) is 20.6. The molecule has 2 rings (SSSR count). The molecule has 5 N–H and O–H groups in total. The molecule has 1 aliphatic rings. The lowest BCUT2D eigenvalue weighted by Gasteiger charge is -2.26. The van der Waals surface area contributed by atoms with Crippen molar-refractivity contribution in [3.63, 3.8) is 0 Å². The third kappa shape index (κ3) is 4.93. The predicted molar refractivity (Wildman–Crippen MR) is 89.9 cm³/mol. The van der Waals surface area contributed by atoms with E-state index in [0.717, 1.165) is 16.8 Å². The Kier molecular flexibility index (Phi) is 6.36. The van der Waals surface area contributed by atoms with Crippen molar-refractivity contribution in [2.45, 2.75) is 37.9 Å². The van der Waals surface area contributed by atoms with Gasteiger partial charge in [0.05, 0.1) is 0 Å². The summed E-state index contributed by atoms with van der Waals surface area (Å²) in [4.78, 5) is 47.4. The van der Waals surface area contributed by atoms with E-state index in [1.165, 1.54) is 13.8 Å². The van der Waals surface area contributed by atoms with Gasteiger partial charge < -0.3 is 30.3 Å². The minimum Gasteiger partial charge on any atom is -0.446 e. The van der Waals surface area contributed by atoms with Crippen molar-refractivity contribution in [2.75, 3.05) is 19.7 Å². The van der Waals surface area contributed by atoms with Gasteiger partial charge in [-0.3, -0.25) is 19.1 Å². The molecule has 1 aromatic rings. The number of hydrogen-bond acceptors (Lipinski definition) is 8. The number of amides is 2. The van der Waals surface area contributed by atoms with Crippen molar-refractivity contribution >= 4 is 12.0 Å². The van der Waals surface area contributed by atoms with Gasteiger partial charge >= 0.3 is 11.8 Å². The van der Waals surface area contributed by atoms with Gasteiger partial charge in [-0.2, -0.15) is 0 Å². The summed E-state index contributed by atoms with van der Waals surface area (Å²) >= 11 is 0. The predicted octanol–water partition coefficient (Wildman–Crippen LogP) is -2.59. The molecular formula is C15H22N4O8. The second-order valence-electron chi connectivity index (χ2n) is 6.26. The Morgan fingerprint density at radius 1 is 1.33 bits per heavy atom. The van der Waals surface area contributed by atoms with Crippen molar-refractivity contribution < 1.29 is 29.3 Å². The molecule has 27 heavy (non-hydrogen) atoms. The molecule has 150 valence electrons. The zero-order chi connectivity index (χ0) is 20.2. The maximum absolute atomic E-state index is 11.9. The van der Waals surface area contributed by atoms with E-state index in [2.05, 4.69) is 10.6 Å². The molecule has 1 aromatic heterocycles. The molecule has 0 spiro atoms. The standard InChI is InChI=1S/C15H22N4O8/c1-8(20)16-4-5-17-14(25)26-7-15(2)11(23)10(22)12(27-15)19-6-3-9(21)18-13(19)24/h3,6,10-12,22-23H,4-5,7H2,1-2H3,(H,16,20)(H,17,25)(H,18,21,24)/t10-,11+,12-,15?/m1/s1. The lowest BCUT2D eigenvalue weighted by Crippen LogP contribution is -2.46. The summed E-state index contributed by atoms with van der Waals surface area (Å²) in [6.07, 6.45) is -3.92. The Balaban J connectivity index is 1.96. The summed E-state index contributed by atoms with van der Waals surface area (Å²) in [5.74, 6) is -0.238. The summed E-state index contributed by atoms with van der Waals surface area (Å²) in [5.41, 5.74) is -2.93. The number of nitrogens with zero attached hydrogens (tertiary/aromatic N) is 1. The molecule has 1 fully saturated rings. The number of ether oxygens (including phenoxy) is 2. The molecule has 0 aromatic carbocycles. The maximum atomic E-state index is 11.9. The quantitative estimate of drug-likeness (QED) is 0.331. The van der Waals surface area contributed by atoms with Crippen molar-refractivity contribution in [3.8, 4) is 0 Å². The number of alkyl carbamates (subject to hydrolysis) is 1. The summed E-state index contributed by atoms with van der Waals surface area (Å²) in [6.45, 7) is 2.69. The number of carbonyl (C=O) groups excluding carboxylic acids is 2. The first-order chi connectivity index (χ1) is 12.6. The normalized spacial score (nSPS) is 27.2. The summed E-state index contributed by atoms with van der Waals surface area (Å²) in [6, 6.07) is 1.07. The van der Waals surface area contributed by atoms with Crippen LogP contribution < -0.4 is 21.9 Å².